The van der Waals surface area contributed by atoms with Crippen molar-refractivity contribution < 1.29 is 19.0 Å². The lowest BCUT2D eigenvalue weighted by atomic mass is 10.1. The molecule has 1 aromatic carbocycles. The maximum atomic E-state index is 9.55. The standard InChI is InChI=1S/C16H35O3P.C6H6O/c1-3-5-7-9-11-13-15-18-20(17)19-16-14-12-10-8-6-4-2;7-6-4-2-1-3-5-6/h17H,3-16H2,1-2H3;1-5,7H. The van der Waals surface area contributed by atoms with Crippen molar-refractivity contribution in [2.45, 2.75) is 90.9 Å². The summed E-state index contributed by atoms with van der Waals surface area (Å²) in [6.07, 6.45) is 14.9. The SMILES string of the molecule is CCCCCCCCOP(O)OCCCCCCCC.Oc1ccccc1. The number of para-hydroxylation sites is 1. The summed E-state index contributed by atoms with van der Waals surface area (Å²) in [6, 6.07) is 8.71. The Kier molecular flexibility index (Phi) is 21.1. The minimum Gasteiger partial charge on any atom is -0.508 e. The summed E-state index contributed by atoms with van der Waals surface area (Å²) >= 11 is 0. The molecule has 0 aliphatic rings. The van der Waals surface area contributed by atoms with E-state index >= 15 is 0 Å². The lowest BCUT2D eigenvalue weighted by molar-refractivity contribution is 0.194. The fourth-order valence-corrected chi connectivity index (χ4v) is 3.16. The molecule has 0 unspecified atom stereocenters. The van der Waals surface area contributed by atoms with Crippen molar-refractivity contribution in [2.75, 3.05) is 13.2 Å². The second-order valence-electron chi connectivity index (χ2n) is 6.78. The van der Waals surface area contributed by atoms with Crippen molar-refractivity contribution in [1.29, 1.82) is 0 Å². The van der Waals surface area contributed by atoms with Crippen LogP contribution in [0.3, 0.4) is 0 Å². The van der Waals surface area contributed by atoms with E-state index in [9.17, 15) is 4.89 Å². The third kappa shape index (κ3) is 21.5. The lowest BCUT2D eigenvalue weighted by Crippen LogP contribution is -1.95. The van der Waals surface area contributed by atoms with Crippen molar-refractivity contribution in [3.05, 3.63) is 30.3 Å². The number of unbranched alkanes of at least 4 members (excludes halogenated alkanes) is 10. The minimum atomic E-state index is -1.64. The highest BCUT2D eigenvalue weighted by Crippen LogP contribution is 2.33. The van der Waals surface area contributed by atoms with Crippen LogP contribution in [0.25, 0.3) is 0 Å². The first-order valence-corrected chi connectivity index (χ1v) is 11.8. The van der Waals surface area contributed by atoms with Crippen molar-refractivity contribution >= 4 is 8.60 Å². The average Bonchev–Trinajstić information content (AvgIpc) is 2.68. The normalized spacial score (nSPS) is 10.7. The zero-order valence-electron chi connectivity index (χ0n) is 17.4. The summed E-state index contributed by atoms with van der Waals surface area (Å²) in [6.45, 7) is 5.71. The molecule has 0 bridgehead atoms. The van der Waals surface area contributed by atoms with Crippen molar-refractivity contribution in [1.82, 2.24) is 0 Å². The number of benzene rings is 1. The molecule has 158 valence electrons. The molecule has 0 aliphatic carbocycles. The molecular formula is C22H41O4P. The highest BCUT2D eigenvalue weighted by molar-refractivity contribution is 7.40. The molecule has 0 saturated heterocycles. The number of rotatable bonds is 16. The topological polar surface area (TPSA) is 58.9 Å². The highest BCUT2D eigenvalue weighted by atomic mass is 31.2. The average molecular weight is 401 g/mol. The molecule has 0 atom stereocenters. The Hall–Kier alpha value is -0.670. The zero-order valence-corrected chi connectivity index (χ0v) is 18.3. The number of hydrogen-bond donors (Lipinski definition) is 2. The van der Waals surface area contributed by atoms with Gasteiger partial charge < -0.3 is 19.0 Å². The van der Waals surface area contributed by atoms with Gasteiger partial charge in [0.15, 0.2) is 0 Å². The summed E-state index contributed by atoms with van der Waals surface area (Å²) in [4.78, 5) is 9.55. The maximum absolute atomic E-state index is 9.55. The quantitative estimate of drug-likeness (QED) is 0.225. The molecule has 2 N–H and O–H groups in total. The minimum absolute atomic E-state index is 0.322. The summed E-state index contributed by atoms with van der Waals surface area (Å²) in [5.41, 5.74) is 0. The number of aromatic hydroxyl groups is 1. The molecule has 27 heavy (non-hydrogen) atoms. The molecular weight excluding hydrogens is 359 g/mol. The van der Waals surface area contributed by atoms with Crippen LogP contribution in [0, 0.1) is 0 Å². The molecule has 1 aromatic rings. The molecule has 0 radical (unpaired) electrons. The second kappa shape index (κ2) is 21.6. The highest BCUT2D eigenvalue weighted by Gasteiger charge is 2.05. The Balaban J connectivity index is 0.000000797. The molecule has 0 aromatic heterocycles. The van der Waals surface area contributed by atoms with Crippen LogP contribution in [0.2, 0.25) is 0 Å². The number of phenols is 1. The van der Waals surface area contributed by atoms with Gasteiger partial charge in [0, 0.05) is 0 Å². The van der Waals surface area contributed by atoms with E-state index in [1.54, 1.807) is 24.3 Å². The first-order valence-electron chi connectivity index (χ1n) is 10.7. The fraction of sp³-hybridized carbons (Fsp3) is 0.727. The molecule has 1 rings (SSSR count). The van der Waals surface area contributed by atoms with Crippen molar-refractivity contribution in [3.8, 4) is 5.75 Å². The Morgan fingerprint density at radius 1 is 0.667 bits per heavy atom. The first-order chi connectivity index (χ1) is 13.2. The maximum Gasteiger partial charge on any atom is 0.329 e. The molecule has 0 fully saturated rings. The van der Waals surface area contributed by atoms with Gasteiger partial charge in [0.05, 0.1) is 13.2 Å². The smallest absolute Gasteiger partial charge is 0.329 e. The lowest BCUT2D eigenvalue weighted by Gasteiger charge is -2.10. The fourth-order valence-electron chi connectivity index (χ4n) is 2.52. The van der Waals surface area contributed by atoms with E-state index in [0.717, 1.165) is 12.8 Å². The van der Waals surface area contributed by atoms with Gasteiger partial charge in [-0.2, -0.15) is 0 Å². The van der Waals surface area contributed by atoms with Crippen LogP contribution in [0.15, 0.2) is 30.3 Å². The predicted octanol–water partition coefficient (Wildman–Crippen LogP) is 7.35. The van der Waals surface area contributed by atoms with Crippen LogP contribution in [-0.4, -0.2) is 23.2 Å². The van der Waals surface area contributed by atoms with E-state index in [1.807, 2.05) is 6.07 Å². The number of phenolic OH excluding ortho intramolecular Hbond substituents is 1. The van der Waals surface area contributed by atoms with Crippen LogP contribution in [0.5, 0.6) is 5.75 Å². The molecule has 0 heterocycles. The Labute approximate surface area is 168 Å². The van der Waals surface area contributed by atoms with Gasteiger partial charge in [0.1, 0.15) is 5.75 Å². The third-order valence-electron chi connectivity index (χ3n) is 4.16. The second-order valence-corrected chi connectivity index (χ2v) is 7.77. The Bertz CT molecular complexity index is 371. The summed E-state index contributed by atoms with van der Waals surface area (Å²) in [7, 11) is -1.64. The Morgan fingerprint density at radius 3 is 1.44 bits per heavy atom. The largest absolute Gasteiger partial charge is 0.508 e. The molecule has 0 amide bonds. The Morgan fingerprint density at radius 2 is 1.07 bits per heavy atom. The van der Waals surface area contributed by atoms with Crippen LogP contribution < -0.4 is 0 Å². The van der Waals surface area contributed by atoms with Gasteiger partial charge in [0.25, 0.3) is 0 Å². The summed E-state index contributed by atoms with van der Waals surface area (Å²) in [5.74, 6) is 0.322. The summed E-state index contributed by atoms with van der Waals surface area (Å²) in [5, 5.41) is 8.63. The van der Waals surface area contributed by atoms with E-state index in [4.69, 9.17) is 14.2 Å². The van der Waals surface area contributed by atoms with E-state index in [2.05, 4.69) is 13.8 Å². The van der Waals surface area contributed by atoms with Gasteiger partial charge in [-0.1, -0.05) is 96.3 Å². The van der Waals surface area contributed by atoms with Gasteiger partial charge in [-0.15, -0.1) is 0 Å². The third-order valence-corrected chi connectivity index (χ3v) is 4.96. The predicted molar refractivity (Wildman–Crippen MR) is 116 cm³/mol. The van der Waals surface area contributed by atoms with Gasteiger partial charge >= 0.3 is 8.60 Å². The van der Waals surface area contributed by atoms with Crippen LogP contribution in [-0.2, 0) is 9.05 Å². The van der Waals surface area contributed by atoms with E-state index < -0.39 is 8.60 Å². The number of hydrogen-bond acceptors (Lipinski definition) is 4. The van der Waals surface area contributed by atoms with Crippen LogP contribution in [0.1, 0.15) is 90.9 Å². The summed E-state index contributed by atoms with van der Waals surface area (Å²) < 4.78 is 10.6. The van der Waals surface area contributed by atoms with E-state index in [1.165, 1.54) is 64.2 Å². The van der Waals surface area contributed by atoms with Crippen molar-refractivity contribution in [2.24, 2.45) is 0 Å². The van der Waals surface area contributed by atoms with E-state index in [0.29, 0.717) is 19.0 Å². The van der Waals surface area contributed by atoms with Gasteiger partial charge in [-0.05, 0) is 25.0 Å². The first kappa shape index (κ1) is 26.3. The van der Waals surface area contributed by atoms with Crippen LogP contribution >= 0.6 is 8.60 Å². The van der Waals surface area contributed by atoms with Crippen LogP contribution in [0.4, 0.5) is 0 Å². The monoisotopic (exact) mass is 400 g/mol. The molecule has 0 saturated carbocycles. The van der Waals surface area contributed by atoms with Gasteiger partial charge in [0.2, 0.25) is 0 Å². The van der Waals surface area contributed by atoms with Gasteiger partial charge in [-0.25, -0.2) is 0 Å². The molecule has 0 aliphatic heterocycles. The molecule has 5 heteroatoms. The van der Waals surface area contributed by atoms with E-state index in [-0.39, 0.29) is 0 Å². The van der Waals surface area contributed by atoms with Crippen molar-refractivity contribution in [3.63, 3.8) is 0 Å². The molecule has 4 nitrogen and oxygen atoms in total. The molecule has 0 spiro atoms. The van der Waals surface area contributed by atoms with Gasteiger partial charge in [-0.3, -0.25) is 0 Å². The zero-order chi connectivity index (χ0) is 20.0.